The van der Waals surface area contributed by atoms with E-state index in [0.717, 1.165) is 10.2 Å². The second kappa shape index (κ2) is 4.16. The van der Waals surface area contributed by atoms with Crippen LogP contribution in [0, 0.1) is 0 Å². The molecular weight excluding hydrogens is 340 g/mol. The van der Waals surface area contributed by atoms with Gasteiger partial charge in [0.2, 0.25) is 5.65 Å². The zero-order valence-corrected chi connectivity index (χ0v) is 12.0. The summed E-state index contributed by atoms with van der Waals surface area (Å²) in [7, 11) is 0. The highest BCUT2D eigenvalue weighted by molar-refractivity contribution is 9.10. The Morgan fingerprint density at radius 3 is 2.86 bits per heavy atom. The fraction of sp³-hybridized carbons (Fsp3) is 0. The average Bonchev–Trinajstić information content (AvgIpc) is 3.09. The number of rotatable bonds is 1. The maximum Gasteiger partial charge on any atom is 0.348 e. The number of nitrogens with zero attached hydrogens (tertiary/aromatic N) is 4. The first-order valence-electron chi connectivity index (χ1n) is 5.96. The molecule has 0 aliphatic carbocycles. The Kier molecular flexibility index (Phi) is 2.39. The maximum atomic E-state index is 12.0. The Labute approximate surface area is 124 Å². The van der Waals surface area contributed by atoms with E-state index in [1.54, 1.807) is 35.4 Å². The van der Waals surface area contributed by atoms with Crippen LogP contribution < -0.4 is 11.2 Å². The highest BCUT2D eigenvalue weighted by atomic mass is 79.9. The minimum absolute atomic E-state index is 0.0368. The summed E-state index contributed by atoms with van der Waals surface area (Å²) >= 11 is 3.47. The van der Waals surface area contributed by atoms with Crippen molar-refractivity contribution in [3.63, 3.8) is 0 Å². The monoisotopic (exact) mass is 346 g/mol. The van der Waals surface area contributed by atoms with Gasteiger partial charge in [0.1, 0.15) is 0 Å². The smallest absolute Gasteiger partial charge is 0.317 e. The van der Waals surface area contributed by atoms with Crippen molar-refractivity contribution in [1.82, 2.24) is 29.1 Å². The Morgan fingerprint density at radius 2 is 2.10 bits per heavy atom. The number of hydrogen-bond acceptors (Lipinski definition) is 4. The van der Waals surface area contributed by atoms with Crippen LogP contribution in [0.25, 0.3) is 22.4 Å². The van der Waals surface area contributed by atoms with Crippen molar-refractivity contribution in [2.24, 2.45) is 0 Å². The first-order chi connectivity index (χ1) is 10.1. The minimum Gasteiger partial charge on any atom is -0.317 e. The molecule has 1 aromatic carbocycles. The number of aromatic nitrogens is 6. The molecule has 8 nitrogen and oxygen atoms in total. The summed E-state index contributed by atoms with van der Waals surface area (Å²) in [5.74, 6) is 0. The average molecular weight is 347 g/mol. The van der Waals surface area contributed by atoms with Crippen LogP contribution in [0.5, 0.6) is 0 Å². The van der Waals surface area contributed by atoms with E-state index in [1.165, 1.54) is 4.40 Å². The van der Waals surface area contributed by atoms with Crippen molar-refractivity contribution in [1.29, 1.82) is 0 Å². The molecule has 0 unspecified atom stereocenters. The summed E-state index contributed by atoms with van der Waals surface area (Å²) in [4.78, 5) is 30.5. The Balaban J connectivity index is 2.19. The maximum absolute atomic E-state index is 12.0. The molecule has 4 rings (SSSR count). The predicted octanol–water partition coefficient (Wildman–Crippen LogP) is 0.812. The lowest BCUT2D eigenvalue weighted by molar-refractivity contribution is 1.03. The molecule has 0 atom stereocenters. The van der Waals surface area contributed by atoms with Gasteiger partial charge in [-0.1, -0.05) is 0 Å². The predicted molar refractivity (Wildman–Crippen MR) is 78.8 cm³/mol. The summed E-state index contributed by atoms with van der Waals surface area (Å²) < 4.78 is 3.80. The van der Waals surface area contributed by atoms with Crippen molar-refractivity contribution >= 4 is 32.6 Å². The molecule has 0 bridgehead atoms. The Morgan fingerprint density at radius 1 is 1.24 bits per heavy atom. The molecular formula is C12H7BrN6O2. The van der Waals surface area contributed by atoms with E-state index in [4.69, 9.17) is 0 Å². The zero-order valence-electron chi connectivity index (χ0n) is 10.4. The van der Waals surface area contributed by atoms with E-state index in [1.807, 2.05) is 0 Å². The normalized spacial score (nSPS) is 11.5. The highest BCUT2D eigenvalue weighted by Crippen LogP contribution is 2.25. The molecule has 0 spiro atoms. The fourth-order valence-electron chi connectivity index (χ4n) is 2.29. The molecule has 0 amide bonds. The van der Waals surface area contributed by atoms with Crippen LogP contribution in [0.4, 0.5) is 0 Å². The quantitative estimate of drug-likeness (QED) is 0.532. The Bertz CT molecular complexity index is 1090. The minimum atomic E-state index is -0.455. The molecule has 0 saturated carbocycles. The van der Waals surface area contributed by atoms with Crippen LogP contribution in [0.15, 0.2) is 44.9 Å². The summed E-state index contributed by atoms with van der Waals surface area (Å²) in [5, 5.41) is 6.00. The molecule has 21 heavy (non-hydrogen) atoms. The van der Waals surface area contributed by atoms with Crippen LogP contribution >= 0.6 is 15.9 Å². The van der Waals surface area contributed by atoms with E-state index >= 15 is 0 Å². The molecule has 3 aromatic heterocycles. The van der Waals surface area contributed by atoms with E-state index in [2.05, 4.69) is 36.1 Å². The summed E-state index contributed by atoms with van der Waals surface area (Å²) in [6, 6.07) is 3.52. The van der Waals surface area contributed by atoms with Gasteiger partial charge in [-0.05, 0) is 28.1 Å². The first-order valence-corrected chi connectivity index (χ1v) is 6.75. The summed E-state index contributed by atoms with van der Waals surface area (Å²) in [6.07, 6.45) is 5.09. The molecule has 0 radical (unpaired) electrons. The van der Waals surface area contributed by atoms with E-state index in [-0.39, 0.29) is 5.65 Å². The summed E-state index contributed by atoms with van der Waals surface area (Å²) in [6.45, 7) is 0. The molecule has 3 heterocycles. The molecule has 9 heteroatoms. The molecule has 2 N–H and O–H groups in total. The topological polar surface area (TPSA) is 101 Å². The van der Waals surface area contributed by atoms with Crippen LogP contribution in [0.2, 0.25) is 0 Å². The second-order valence-electron chi connectivity index (χ2n) is 4.43. The molecule has 0 aliphatic rings. The SMILES string of the molecule is O=c1[nH]c2cc(-n3ccnc3)c(Br)cc2n2c(=O)[nH]nc12. The van der Waals surface area contributed by atoms with Gasteiger partial charge in [-0.25, -0.2) is 19.3 Å². The third-order valence-corrected chi connectivity index (χ3v) is 3.85. The van der Waals surface area contributed by atoms with Crippen LogP contribution in [-0.2, 0) is 0 Å². The van der Waals surface area contributed by atoms with Gasteiger partial charge in [-0.3, -0.25) is 4.79 Å². The van der Waals surface area contributed by atoms with Crippen molar-refractivity contribution in [2.45, 2.75) is 0 Å². The second-order valence-corrected chi connectivity index (χ2v) is 5.29. The van der Waals surface area contributed by atoms with Crippen molar-refractivity contribution < 1.29 is 0 Å². The lowest BCUT2D eigenvalue weighted by atomic mass is 10.2. The number of H-pyrrole nitrogens is 2. The van der Waals surface area contributed by atoms with E-state index in [0.29, 0.717) is 11.0 Å². The zero-order chi connectivity index (χ0) is 14.6. The highest BCUT2D eigenvalue weighted by Gasteiger charge is 2.12. The van der Waals surface area contributed by atoms with E-state index in [9.17, 15) is 9.59 Å². The lowest BCUT2D eigenvalue weighted by Gasteiger charge is -2.08. The van der Waals surface area contributed by atoms with Crippen molar-refractivity contribution in [3.8, 4) is 5.69 Å². The first kappa shape index (κ1) is 12.1. The fourth-order valence-corrected chi connectivity index (χ4v) is 2.82. The van der Waals surface area contributed by atoms with E-state index < -0.39 is 11.2 Å². The molecule has 0 aliphatic heterocycles. The Hall–Kier alpha value is -2.68. The van der Waals surface area contributed by atoms with Gasteiger partial charge in [0.15, 0.2) is 0 Å². The molecule has 4 aromatic rings. The van der Waals surface area contributed by atoms with Gasteiger partial charge in [0.05, 0.1) is 23.0 Å². The van der Waals surface area contributed by atoms with Crippen LogP contribution in [-0.4, -0.2) is 29.1 Å². The lowest BCUT2D eigenvalue weighted by Crippen LogP contribution is -2.17. The number of nitrogens with one attached hydrogen (secondary N) is 2. The van der Waals surface area contributed by atoms with Crippen LogP contribution in [0.1, 0.15) is 0 Å². The van der Waals surface area contributed by atoms with Gasteiger partial charge < -0.3 is 9.55 Å². The molecule has 0 fully saturated rings. The van der Waals surface area contributed by atoms with Crippen LogP contribution in [0.3, 0.4) is 0 Å². The largest absolute Gasteiger partial charge is 0.348 e. The number of hydrogen-bond donors (Lipinski definition) is 2. The summed E-state index contributed by atoms with van der Waals surface area (Å²) in [5.41, 5.74) is 1.03. The third-order valence-electron chi connectivity index (χ3n) is 3.21. The van der Waals surface area contributed by atoms with Gasteiger partial charge in [-0.15, -0.1) is 5.10 Å². The number of aromatic amines is 2. The van der Waals surface area contributed by atoms with Gasteiger partial charge in [-0.2, -0.15) is 0 Å². The number of imidazole rings is 1. The van der Waals surface area contributed by atoms with Gasteiger partial charge >= 0.3 is 5.69 Å². The van der Waals surface area contributed by atoms with Crippen molar-refractivity contribution in [3.05, 3.63) is 56.2 Å². The third kappa shape index (κ3) is 1.67. The number of halogens is 1. The molecule has 0 saturated heterocycles. The van der Waals surface area contributed by atoms with Gasteiger partial charge in [0.25, 0.3) is 5.56 Å². The van der Waals surface area contributed by atoms with Gasteiger partial charge in [0, 0.05) is 16.9 Å². The standard InChI is InChI=1S/C12H7BrN6O2/c13-6-3-9-7(4-8(6)18-2-1-14-5-18)15-11(20)10-16-17-12(21)19(9)10/h1-5H,(H,15,20)(H,17,21). The molecule has 104 valence electrons. The van der Waals surface area contributed by atoms with Crippen molar-refractivity contribution in [2.75, 3.05) is 0 Å². The number of fused-ring (bicyclic) bond motifs is 3. The number of benzene rings is 1.